The van der Waals surface area contributed by atoms with E-state index in [9.17, 15) is 0 Å². The molecule has 74 valence electrons. The molecule has 0 unspecified atom stereocenters. The SMILES string of the molecule is Nc1[nH]c(Cl)cc1Cl.c1ccncc1. The molecule has 2 aromatic heterocycles. The van der Waals surface area contributed by atoms with Gasteiger partial charge in [0.1, 0.15) is 11.0 Å². The van der Waals surface area contributed by atoms with Crippen molar-refractivity contribution in [3.63, 3.8) is 0 Å². The summed E-state index contributed by atoms with van der Waals surface area (Å²) in [6.07, 6.45) is 3.50. The Labute approximate surface area is 91.9 Å². The maximum atomic E-state index is 5.49. The van der Waals surface area contributed by atoms with Crippen LogP contribution in [0.3, 0.4) is 0 Å². The van der Waals surface area contributed by atoms with Crippen LogP contribution in [0.1, 0.15) is 0 Å². The summed E-state index contributed by atoms with van der Waals surface area (Å²) in [6, 6.07) is 7.27. The fourth-order valence-corrected chi connectivity index (χ4v) is 1.15. The van der Waals surface area contributed by atoms with E-state index in [1.54, 1.807) is 18.5 Å². The standard InChI is InChI=1S/C5H5N.C4H4Cl2N2/c1-2-4-6-5-3-1;5-2-1-3(6)8-4(2)7/h1-5H;1,8H,7H2. The molecule has 0 atom stereocenters. The number of aromatic amines is 1. The summed E-state index contributed by atoms with van der Waals surface area (Å²) in [6.45, 7) is 0. The van der Waals surface area contributed by atoms with Crippen molar-refractivity contribution in [3.8, 4) is 0 Å². The van der Waals surface area contributed by atoms with Gasteiger partial charge in [0.25, 0.3) is 0 Å². The zero-order valence-corrected chi connectivity index (χ0v) is 8.76. The first kappa shape index (κ1) is 10.9. The molecule has 0 fully saturated rings. The molecule has 0 amide bonds. The second-order valence-corrected chi connectivity index (χ2v) is 3.22. The van der Waals surface area contributed by atoms with Gasteiger partial charge < -0.3 is 10.7 Å². The molecule has 3 N–H and O–H groups in total. The first-order valence-corrected chi connectivity index (χ1v) is 4.60. The summed E-state index contributed by atoms with van der Waals surface area (Å²) in [4.78, 5) is 6.40. The van der Waals surface area contributed by atoms with Gasteiger partial charge in [-0.25, -0.2) is 0 Å². The topological polar surface area (TPSA) is 54.7 Å². The summed E-state index contributed by atoms with van der Waals surface area (Å²) in [7, 11) is 0. The van der Waals surface area contributed by atoms with Gasteiger partial charge in [-0.3, -0.25) is 4.98 Å². The van der Waals surface area contributed by atoms with E-state index in [0.717, 1.165) is 0 Å². The second kappa shape index (κ2) is 5.52. The Kier molecular flexibility index (Phi) is 4.29. The van der Waals surface area contributed by atoms with Crippen LogP contribution in [0, 0.1) is 0 Å². The number of rotatable bonds is 0. The molecule has 0 saturated carbocycles. The van der Waals surface area contributed by atoms with Gasteiger partial charge in [-0.05, 0) is 18.2 Å². The van der Waals surface area contributed by atoms with Gasteiger partial charge in [0.05, 0.1) is 5.02 Å². The molecule has 0 bridgehead atoms. The van der Waals surface area contributed by atoms with E-state index in [-0.39, 0.29) is 0 Å². The fraction of sp³-hybridized carbons (Fsp3) is 0. The molecule has 2 heterocycles. The smallest absolute Gasteiger partial charge is 0.120 e. The molecule has 3 nitrogen and oxygen atoms in total. The van der Waals surface area contributed by atoms with Crippen LogP contribution < -0.4 is 5.73 Å². The van der Waals surface area contributed by atoms with Crippen molar-refractivity contribution in [2.45, 2.75) is 0 Å². The molecule has 0 saturated heterocycles. The normalized spacial score (nSPS) is 9.00. The van der Waals surface area contributed by atoms with E-state index in [0.29, 0.717) is 16.0 Å². The average molecular weight is 230 g/mol. The molecular weight excluding hydrogens is 221 g/mol. The lowest BCUT2D eigenvalue weighted by molar-refractivity contribution is 1.33. The molecule has 0 aliphatic heterocycles. The van der Waals surface area contributed by atoms with Crippen LogP contribution in [0.15, 0.2) is 36.7 Å². The Morgan fingerprint density at radius 2 is 1.79 bits per heavy atom. The molecule has 2 rings (SSSR count). The Bertz CT molecular complexity index is 327. The molecule has 0 aliphatic carbocycles. The number of pyridine rings is 1. The lowest BCUT2D eigenvalue weighted by Crippen LogP contribution is -1.82. The number of hydrogen-bond donors (Lipinski definition) is 2. The number of nitrogen functional groups attached to an aromatic ring is 1. The largest absolute Gasteiger partial charge is 0.384 e. The third kappa shape index (κ3) is 3.68. The van der Waals surface area contributed by atoms with Gasteiger partial charge in [0.2, 0.25) is 0 Å². The number of nitrogens with two attached hydrogens (primary N) is 1. The Morgan fingerprint density at radius 1 is 1.14 bits per heavy atom. The number of anilines is 1. The number of H-pyrrole nitrogens is 1. The molecule has 5 heteroatoms. The van der Waals surface area contributed by atoms with Crippen LogP contribution in [-0.2, 0) is 0 Å². The Balaban J connectivity index is 0.000000146. The van der Waals surface area contributed by atoms with Gasteiger partial charge in [-0.15, -0.1) is 0 Å². The van der Waals surface area contributed by atoms with Crippen molar-refractivity contribution in [3.05, 3.63) is 46.8 Å². The van der Waals surface area contributed by atoms with E-state index in [1.807, 2.05) is 18.2 Å². The highest BCUT2D eigenvalue weighted by molar-refractivity contribution is 6.36. The van der Waals surface area contributed by atoms with E-state index in [4.69, 9.17) is 28.9 Å². The highest BCUT2D eigenvalue weighted by Gasteiger charge is 1.97. The number of nitrogens with one attached hydrogen (secondary N) is 1. The highest BCUT2D eigenvalue weighted by Crippen LogP contribution is 2.21. The Morgan fingerprint density at radius 3 is 1.93 bits per heavy atom. The van der Waals surface area contributed by atoms with Gasteiger partial charge >= 0.3 is 0 Å². The number of nitrogens with zero attached hydrogens (tertiary/aromatic N) is 1. The quantitative estimate of drug-likeness (QED) is 0.730. The van der Waals surface area contributed by atoms with E-state index in [1.165, 1.54) is 0 Å². The lowest BCUT2D eigenvalue weighted by Gasteiger charge is -1.80. The first-order valence-electron chi connectivity index (χ1n) is 3.84. The van der Waals surface area contributed by atoms with E-state index in [2.05, 4.69) is 9.97 Å². The van der Waals surface area contributed by atoms with Gasteiger partial charge in [0, 0.05) is 12.4 Å². The molecular formula is C9H9Cl2N3. The second-order valence-electron chi connectivity index (χ2n) is 2.40. The van der Waals surface area contributed by atoms with Gasteiger partial charge in [-0.2, -0.15) is 0 Å². The van der Waals surface area contributed by atoms with Crippen LogP contribution in [0.25, 0.3) is 0 Å². The van der Waals surface area contributed by atoms with Gasteiger partial charge in [0.15, 0.2) is 0 Å². The molecule has 0 spiro atoms. The minimum atomic E-state index is 0.414. The summed E-state index contributed by atoms with van der Waals surface area (Å²) in [5.41, 5.74) is 5.27. The fourth-order valence-electron chi connectivity index (χ4n) is 0.726. The van der Waals surface area contributed by atoms with Crippen LogP contribution >= 0.6 is 23.2 Å². The van der Waals surface area contributed by atoms with Crippen molar-refractivity contribution in [2.75, 3.05) is 5.73 Å². The van der Waals surface area contributed by atoms with Crippen LogP contribution in [0.2, 0.25) is 10.2 Å². The maximum absolute atomic E-state index is 5.49. The summed E-state index contributed by atoms with van der Waals surface area (Å²) in [5, 5.41) is 0.933. The van der Waals surface area contributed by atoms with Crippen molar-refractivity contribution in [1.82, 2.24) is 9.97 Å². The summed E-state index contributed by atoms with van der Waals surface area (Å²) < 4.78 is 0. The monoisotopic (exact) mass is 229 g/mol. The predicted molar refractivity (Wildman–Crippen MR) is 59.5 cm³/mol. The van der Waals surface area contributed by atoms with E-state index >= 15 is 0 Å². The number of halogens is 2. The van der Waals surface area contributed by atoms with Crippen molar-refractivity contribution >= 4 is 29.0 Å². The third-order valence-corrected chi connectivity index (χ3v) is 1.85. The number of aromatic nitrogens is 2. The minimum absolute atomic E-state index is 0.414. The summed E-state index contributed by atoms with van der Waals surface area (Å²) >= 11 is 10.9. The van der Waals surface area contributed by atoms with Crippen LogP contribution in [0.5, 0.6) is 0 Å². The zero-order valence-electron chi connectivity index (χ0n) is 7.24. The summed E-state index contributed by atoms with van der Waals surface area (Å²) in [5.74, 6) is 0.414. The van der Waals surface area contributed by atoms with E-state index < -0.39 is 0 Å². The average Bonchev–Trinajstić information content (AvgIpc) is 2.48. The molecule has 0 aliphatic rings. The molecule has 0 radical (unpaired) electrons. The van der Waals surface area contributed by atoms with Crippen molar-refractivity contribution in [1.29, 1.82) is 0 Å². The minimum Gasteiger partial charge on any atom is -0.384 e. The highest BCUT2D eigenvalue weighted by atomic mass is 35.5. The molecule has 0 aromatic carbocycles. The van der Waals surface area contributed by atoms with Crippen molar-refractivity contribution in [2.24, 2.45) is 0 Å². The predicted octanol–water partition coefficient (Wildman–Crippen LogP) is 2.99. The number of hydrogen-bond acceptors (Lipinski definition) is 2. The van der Waals surface area contributed by atoms with Gasteiger partial charge in [-0.1, -0.05) is 29.3 Å². The maximum Gasteiger partial charge on any atom is 0.120 e. The lowest BCUT2D eigenvalue weighted by atomic mass is 10.5. The zero-order chi connectivity index (χ0) is 10.4. The van der Waals surface area contributed by atoms with Crippen LogP contribution in [0.4, 0.5) is 5.82 Å². The Hall–Kier alpha value is -1.19. The third-order valence-electron chi connectivity index (χ3n) is 1.33. The molecule has 2 aromatic rings. The molecule has 14 heavy (non-hydrogen) atoms. The van der Waals surface area contributed by atoms with Crippen molar-refractivity contribution < 1.29 is 0 Å². The van der Waals surface area contributed by atoms with Crippen LogP contribution in [-0.4, -0.2) is 9.97 Å². The first-order chi connectivity index (χ1) is 6.70.